The Bertz CT molecular complexity index is 1440. The molecule has 5 rings (SSSR count). The second-order valence-corrected chi connectivity index (χ2v) is 12.0. The van der Waals surface area contributed by atoms with E-state index in [-0.39, 0.29) is 49.1 Å². The smallest absolute Gasteiger partial charge is 0.389 e. The van der Waals surface area contributed by atoms with E-state index < -0.39 is 48.8 Å². The Kier molecular flexibility index (Phi) is 8.75. The van der Waals surface area contributed by atoms with Crippen molar-refractivity contribution in [1.29, 1.82) is 0 Å². The van der Waals surface area contributed by atoms with Crippen LogP contribution in [0.2, 0.25) is 0 Å². The quantitative estimate of drug-likeness (QED) is 0.256. The van der Waals surface area contributed by atoms with Gasteiger partial charge >= 0.3 is 6.18 Å². The molecule has 43 heavy (non-hydrogen) atoms. The van der Waals surface area contributed by atoms with Crippen LogP contribution in [0.5, 0.6) is 0 Å². The molecule has 2 N–H and O–H groups in total. The van der Waals surface area contributed by atoms with Crippen molar-refractivity contribution in [3.05, 3.63) is 47.6 Å². The van der Waals surface area contributed by atoms with Crippen LogP contribution in [0, 0.1) is 11.8 Å². The number of hydrogen-bond acceptors (Lipinski definition) is 6. The third-order valence-electron chi connectivity index (χ3n) is 8.47. The highest BCUT2D eigenvalue weighted by Crippen LogP contribution is 2.42. The number of hydrogen-bond donors (Lipinski definition) is 2. The standard InChI is InChI=1S/C29H35F5N6O3/c1-16(2)26-25(35-15-43-26)27(42)39-24(18-6-9-28(30,31)10-7-18)20-14-40-21(37-20)12-19(13-36-40)23(17-4-3-5-17)38-22(41)8-11-29(32,33)34/h12-18,23-24H,3-11H2,1-2H3,(H,38,41)(H,39,42)/t23?,24-/m0/s1. The number of imidazole rings is 1. The van der Waals surface area contributed by atoms with Gasteiger partial charge in [0.25, 0.3) is 5.91 Å². The van der Waals surface area contributed by atoms with Crippen molar-refractivity contribution < 1.29 is 36.0 Å². The van der Waals surface area contributed by atoms with E-state index in [1.165, 1.54) is 10.9 Å². The molecule has 0 aromatic carbocycles. The molecule has 2 amide bonds. The van der Waals surface area contributed by atoms with Crippen molar-refractivity contribution in [2.75, 3.05) is 0 Å². The molecule has 9 nitrogen and oxygen atoms in total. The van der Waals surface area contributed by atoms with Gasteiger partial charge in [-0.25, -0.2) is 23.3 Å². The minimum Gasteiger partial charge on any atom is -0.447 e. The lowest BCUT2D eigenvalue weighted by atomic mass is 9.77. The maximum absolute atomic E-state index is 14.0. The van der Waals surface area contributed by atoms with E-state index in [4.69, 9.17) is 9.40 Å². The van der Waals surface area contributed by atoms with E-state index in [0.29, 0.717) is 22.7 Å². The molecule has 2 atom stereocenters. The summed E-state index contributed by atoms with van der Waals surface area (Å²) in [7, 11) is 0. The molecule has 3 aromatic rings. The second-order valence-electron chi connectivity index (χ2n) is 12.0. The first-order valence-corrected chi connectivity index (χ1v) is 14.6. The summed E-state index contributed by atoms with van der Waals surface area (Å²) in [4.78, 5) is 34.5. The van der Waals surface area contributed by atoms with Crippen molar-refractivity contribution in [2.24, 2.45) is 11.8 Å². The summed E-state index contributed by atoms with van der Waals surface area (Å²) in [6, 6.07) is 0.478. The highest BCUT2D eigenvalue weighted by atomic mass is 19.4. The Morgan fingerprint density at radius 1 is 1.09 bits per heavy atom. The zero-order valence-corrected chi connectivity index (χ0v) is 24.0. The number of carbonyl (C=O) groups is 2. The molecule has 2 aliphatic rings. The fourth-order valence-electron chi connectivity index (χ4n) is 5.85. The number of carbonyl (C=O) groups excluding carboxylic acids is 2. The number of oxazole rings is 1. The van der Waals surface area contributed by atoms with Crippen molar-refractivity contribution in [2.45, 2.75) is 102 Å². The van der Waals surface area contributed by atoms with E-state index in [1.54, 1.807) is 18.5 Å². The monoisotopic (exact) mass is 610 g/mol. The molecule has 0 aliphatic heterocycles. The molecule has 3 aromatic heterocycles. The van der Waals surface area contributed by atoms with Gasteiger partial charge in [0, 0.05) is 25.2 Å². The van der Waals surface area contributed by atoms with Gasteiger partial charge in [0.05, 0.1) is 36.6 Å². The first-order chi connectivity index (χ1) is 20.3. The Labute approximate surface area is 245 Å². The largest absolute Gasteiger partial charge is 0.447 e. The fraction of sp³-hybridized carbons (Fsp3) is 0.621. The van der Waals surface area contributed by atoms with E-state index in [0.717, 1.165) is 19.3 Å². The van der Waals surface area contributed by atoms with Crippen LogP contribution in [0.25, 0.3) is 5.65 Å². The number of fused-ring (bicyclic) bond motifs is 1. The van der Waals surface area contributed by atoms with Gasteiger partial charge in [-0.3, -0.25) is 9.59 Å². The summed E-state index contributed by atoms with van der Waals surface area (Å²) >= 11 is 0. The second kappa shape index (κ2) is 12.2. The molecule has 3 heterocycles. The number of amides is 2. The molecule has 2 saturated carbocycles. The van der Waals surface area contributed by atoms with E-state index in [9.17, 15) is 31.5 Å². The van der Waals surface area contributed by atoms with Crippen molar-refractivity contribution >= 4 is 17.5 Å². The van der Waals surface area contributed by atoms with Crippen LogP contribution in [0.4, 0.5) is 22.0 Å². The van der Waals surface area contributed by atoms with Gasteiger partial charge < -0.3 is 15.1 Å². The maximum atomic E-state index is 14.0. The van der Waals surface area contributed by atoms with E-state index in [2.05, 4.69) is 20.7 Å². The molecule has 2 fully saturated rings. The minimum atomic E-state index is -4.43. The zero-order valence-electron chi connectivity index (χ0n) is 24.0. The van der Waals surface area contributed by atoms with Crippen molar-refractivity contribution in [3.8, 4) is 0 Å². The van der Waals surface area contributed by atoms with Gasteiger partial charge in [-0.1, -0.05) is 20.3 Å². The van der Waals surface area contributed by atoms with Crippen LogP contribution >= 0.6 is 0 Å². The molecule has 0 bridgehead atoms. The number of nitrogens with zero attached hydrogens (tertiary/aromatic N) is 4. The predicted molar refractivity (Wildman–Crippen MR) is 144 cm³/mol. The average Bonchev–Trinajstić information content (AvgIpc) is 3.56. The molecule has 234 valence electrons. The lowest BCUT2D eigenvalue weighted by Crippen LogP contribution is -2.37. The Balaban J connectivity index is 1.41. The molecule has 0 saturated heterocycles. The Morgan fingerprint density at radius 3 is 2.42 bits per heavy atom. The lowest BCUT2D eigenvalue weighted by Gasteiger charge is -2.34. The van der Waals surface area contributed by atoms with Crippen molar-refractivity contribution in [3.63, 3.8) is 0 Å². The molecule has 1 unspecified atom stereocenters. The zero-order chi connectivity index (χ0) is 30.9. The molecular weight excluding hydrogens is 575 g/mol. The van der Waals surface area contributed by atoms with Gasteiger partial charge in [-0.15, -0.1) is 0 Å². The Hall–Kier alpha value is -3.58. The minimum absolute atomic E-state index is 0.0575. The van der Waals surface area contributed by atoms with Crippen LogP contribution in [0.15, 0.2) is 29.3 Å². The van der Waals surface area contributed by atoms with Crippen LogP contribution in [-0.4, -0.2) is 43.5 Å². The van der Waals surface area contributed by atoms with Gasteiger partial charge in [0.15, 0.2) is 17.7 Å². The molecule has 0 radical (unpaired) electrons. The average molecular weight is 611 g/mol. The van der Waals surface area contributed by atoms with Crippen LogP contribution < -0.4 is 10.6 Å². The van der Waals surface area contributed by atoms with Gasteiger partial charge in [-0.05, 0) is 49.1 Å². The topological polar surface area (TPSA) is 114 Å². The highest BCUT2D eigenvalue weighted by Gasteiger charge is 2.40. The van der Waals surface area contributed by atoms with Gasteiger partial charge in [-0.2, -0.15) is 18.3 Å². The lowest BCUT2D eigenvalue weighted by molar-refractivity contribution is -0.144. The third kappa shape index (κ3) is 7.32. The molecule has 0 spiro atoms. The summed E-state index contributed by atoms with van der Waals surface area (Å²) in [5.74, 6) is -3.92. The number of aromatic nitrogens is 4. The number of nitrogens with one attached hydrogen (secondary N) is 2. The van der Waals surface area contributed by atoms with Crippen LogP contribution in [0.3, 0.4) is 0 Å². The third-order valence-corrected chi connectivity index (χ3v) is 8.47. The number of rotatable bonds is 10. The van der Waals surface area contributed by atoms with Crippen LogP contribution in [-0.2, 0) is 4.79 Å². The summed E-state index contributed by atoms with van der Waals surface area (Å²) in [6.45, 7) is 3.72. The molecular formula is C29H35F5N6O3. The predicted octanol–water partition coefficient (Wildman–Crippen LogP) is 6.44. The van der Waals surface area contributed by atoms with E-state index in [1.807, 2.05) is 13.8 Å². The molecule has 2 aliphatic carbocycles. The highest BCUT2D eigenvalue weighted by molar-refractivity contribution is 5.93. The van der Waals surface area contributed by atoms with E-state index >= 15 is 0 Å². The first kappa shape index (κ1) is 30.9. The fourth-order valence-corrected chi connectivity index (χ4v) is 5.85. The maximum Gasteiger partial charge on any atom is 0.389 e. The summed E-state index contributed by atoms with van der Waals surface area (Å²) in [6.07, 6.45) is 0.385. The first-order valence-electron chi connectivity index (χ1n) is 14.6. The summed E-state index contributed by atoms with van der Waals surface area (Å²) in [5.41, 5.74) is 1.55. The Morgan fingerprint density at radius 2 is 1.79 bits per heavy atom. The number of alkyl halides is 5. The van der Waals surface area contributed by atoms with Crippen LogP contribution in [0.1, 0.15) is 117 Å². The SMILES string of the molecule is CC(C)c1ocnc1C(=O)N[C@H](c1cn2ncc(C(NC(=O)CCC(F)(F)F)C3CCC3)cc2n1)C1CCC(F)(F)CC1. The van der Waals surface area contributed by atoms with Gasteiger partial charge in [0.1, 0.15) is 5.76 Å². The van der Waals surface area contributed by atoms with Gasteiger partial charge in [0.2, 0.25) is 11.8 Å². The molecule has 14 heteroatoms. The van der Waals surface area contributed by atoms with Crippen molar-refractivity contribution in [1.82, 2.24) is 30.2 Å². The summed E-state index contributed by atoms with van der Waals surface area (Å²) < 4.78 is 73.0. The normalized spacial score (nSPS) is 19.3. The summed E-state index contributed by atoms with van der Waals surface area (Å²) in [5, 5.41) is 10.1. The number of halogens is 5.